The van der Waals surface area contributed by atoms with Gasteiger partial charge >= 0.3 is 0 Å². The van der Waals surface area contributed by atoms with Crippen LogP contribution in [0.15, 0.2) is 60.8 Å². The van der Waals surface area contributed by atoms with Crippen LogP contribution in [0, 0.1) is 0 Å². The lowest BCUT2D eigenvalue weighted by Crippen LogP contribution is -2.02. The van der Waals surface area contributed by atoms with E-state index in [1.807, 2.05) is 42.5 Å². The second-order valence-corrected chi connectivity index (χ2v) is 5.55. The Hall–Kier alpha value is -2.48. The monoisotopic (exact) mass is 289 g/mol. The van der Waals surface area contributed by atoms with E-state index in [4.69, 9.17) is 0 Å². The molecule has 2 nitrogen and oxygen atoms in total. The highest BCUT2D eigenvalue weighted by Crippen LogP contribution is 2.16. The van der Waals surface area contributed by atoms with Gasteiger partial charge in [-0.05, 0) is 30.5 Å². The maximum atomic E-state index is 12.6. The fourth-order valence-corrected chi connectivity index (χ4v) is 2.57. The quantitative estimate of drug-likeness (QED) is 0.631. The van der Waals surface area contributed by atoms with Gasteiger partial charge in [0, 0.05) is 22.7 Å². The molecule has 0 aliphatic carbocycles. The van der Waals surface area contributed by atoms with Gasteiger partial charge in [-0.3, -0.25) is 9.78 Å². The lowest BCUT2D eigenvalue weighted by Gasteiger charge is -2.05. The van der Waals surface area contributed by atoms with Crippen molar-refractivity contribution in [1.29, 1.82) is 0 Å². The molecule has 0 fully saturated rings. The number of aryl methyl sites for hydroxylation is 1. The molecular weight excluding hydrogens is 270 g/mol. The molecule has 0 saturated carbocycles. The zero-order chi connectivity index (χ0) is 15.4. The van der Waals surface area contributed by atoms with Crippen LogP contribution in [0.5, 0.6) is 0 Å². The Morgan fingerprint density at radius 1 is 1.00 bits per heavy atom. The third kappa shape index (κ3) is 3.06. The van der Waals surface area contributed by atoms with E-state index in [0.29, 0.717) is 5.56 Å². The smallest absolute Gasteiger partial charge is 0.194 e. The van der Waals surface area contributed by atoms with Crippen LogP contribution >= 0.6 is 0 Å². The Morgan fingerprint density at radius 3 is 2.55 bits per heavy atom. The summed E-state index contributed by atoms with van der Waals surface area (Å²) >= 11 is 0. The number of ketones is 1. The minimum atomic E-state index is 0.0281. The molecule has 0 saturated heterocycles. The van der Waals surface area contributed by atoms with E-state index >= 15 is 0 Å². The average molecular weight is 289 g/mol. The average Bonchev–Trinajstić information content (AvgIpc) is 2.59. The van der Waals surface area contributed by atoms with Gasteiger partial charge in [0.05, 0.1) is 5.52 Å². The van der Waals surface area contributed by atoms with Crippen LogP contribution < -0.4 is 0 Å². The molecule has 0 spiro atoms. The van der Waals surface area contributed by atoms with Crippen molar-refractivity contribution >= 4 is 16.7 Å². The van der Waals surface area contributed by atoms with Gasteiger partial charge in [0.2, 0.25) is 0 Å². The van der Waals surface area contributed by atoms with Crippen molar-refractivity contribution in [2.75, 3.05) is 0 Å². The zero-order valence-corrected chi connectivity index (χ0v) is 12.8. The highest BCUT2D eigenvalue weighted by Gasteiger charge is 2.10. The van der Waals surface area contributed by atoms with Crippen LogP contribution in [0.2, 0.25) is 0 Å². The number of carbonyl (C=O) groups excluding carboxylic acids is 1. The first kappa shape index (κ1) is 14.5. The lowest BCUT2D eigenvalue weighted by atomic mass is 10.0. The molecule has 1 aromatic heterocycles. The van der Waals surface area contributed by atoms with Gasteiger partial charge in [0.25, 0.3) is 0 Å². The number of pyridine rings is 1. The molecule has 110 valence electrons. The Morgan fingerprint density at radius 2 is 1.77 bits per heavy atom. The molecule has 0 radical (unpaired) electrons. The normalized spacial score (nSPS) is 10.8. The molecule has 0 aliphatic rings. The molecule has 0 N–H and O–H groups in total. The first-order valence-corrected chi connectivity index (χ1v) is 7.76. The van der Waals surface area contributed by atoms with E-state index < -0.39 is 0 Å². The fraction of sp³-hybridized carbons (Fsp3) is 0.200. The number of fused-ring (bicyclic) bond motifs is 1. The second-order valence-electron chi connectivity index (χ2n) is 5.55. The van der Waals surface area contributed by atoms with E-state index in [1.54, 1.807) is 6.20 Å². The predicted octanol–water partition coefficient (Wildman–Crippen LogP) is 4.81. The molecular formula is C20H19NO. The van der Waals surface area contributed by atoms with Crippen molar-refractivity contribution in [3.05, 3.63) is 77.5 Å². The first-order chi connectivity index (χ1) is 10.8. The summed E-state index contributed by atoms with van der Waals surface area (Å²) in [6.45, 7) is 2.19. The minimum Gasteiger partial charge on any atom is -0.289 e. The molecule has 22 heavy (non-hydrogen) atoms. The van der Waals surface area contributed by atoms with Crippen molar-refractivity contribution in [3.63, 3.8) is 0 Å². The standard InChI is InChI=1S/C20H19NO/c1-2-3-6-15-9-11-16(12-10-15)20(22)18-13-17-7-4-5-8-19(17)21-14-18/h4-5,7-14H,2-3,6H2,1H3. The van der Waals surface area contributed by atoms with Gasteiger partial charge in [0.15, 0.2) is 5.78 Å². The highest BCUT2D eigenvalue weighted by atomic mass is 16.1. The summed E-state index contributed by atoms with van der Waals surface area (Å²) in [4.78, 5) is 16.9. The molecule has 3 aromatic rings. The summed E-state index contributed by atoms with van der Waals surface area (Å²) in [6.07, 6.45) is 5.10. The van der Waals surface area contributed by atoms with Crippen LogP contribution in [0.25, 0.3) is 10.9 Å². The Bertz CT molecular complexity index is 790. The number of hydrogen-bond acceptors (Lipinski definition) is 2. The van der Waals surface area contributed by atoms with Crippen LogP contribution in [-0.4, -0.2) is 10.8 Å². The van der Waals surface area contributed by atoms with E-state index in [-0.39, 0.29) is 5.78 Å². The summed E-state index contributed by atoms with van der Waals surface area (Å²) in [5.41, 5.74) is 3.56. The number of benzene rings is 2. The van der Waals surface area contributed by atoms with Crippen molar-refractivity contribution < 1.29 is 4.79 Å². The van der Waals surface area contributed by atoms with Gasteiger partial charge in [-0.25, -0.2) is 0 Å². The van der Waals surface area contributed by atoms with Crippen LogP contribution in [0.4, 0.5) is 0 Å². The maximum absolute atomic E-state index is 12.6. The molecule has 0 amide bonds. The first-order valence-electron chi connectivity index (χ1n) is 7.76. The SMILES string of the molecule is CCCCc1ccc(C(=O)c2cnc3ccccc3c2)cc1. The summed E-state index contributed by atoms with van der Waals surface area (Å²) in [6, 6.07) is 17.7. The van der Waals surface area contributed by atoms with Crippen LogP contribution in [0.3, 0.4) is 0 Å². The Labute approximate surface area is 130 Å². The molecule has 3 rings (SSSR count). The molecule has 1 heterocycles. The number of carbonyl (C=O) groups is 1. The van der Waals surface area contributed by atoms with E-state index in [9.17, 15) is 4.79 Å². The lowest BCUT2D eigenvalue weighted by molar-refractivity contribution is 0.103. The molecule has 0 atom stereocenters. The number of unbranched alkanes of at least 4 members (excludes halogenated alkanes) is 1. The Kier molecular flexibility index (Phi) is 4.29. The van der Waals surface area contributed by atoms with Crippen molar-refractivity contribution in [2.24, 2.45) is 0 Å². The molecule has 0 aliphatic heterocycles. The van der Waals surface area contributed by atoms with Crippen LogP contribution in [0.1, 0.15) is 41.3 Å². The van der Waals surface area contributed by atoms with E-state index in [2.05, 4.69) is 24.0 Å². The van der Waals surface area contributed by atoms with Gasteiger partial charge in [-0.1, -0.05) is 55.8 Å². The number of rotatable bonds is 5. The van der Waals surface area contributed by atoms with E-state index in [0.717, 1.165) is 22.9 Å². The van der Waals surface area contributed by atoms with Crippen molar-refractivity contribution in [3.8, 4) is 0 Å². The van der Waals surface area contributed by atoms with Gasteiger partial charge in [0.1, 0.15) is 0 Å². The van der Waals surface area contributed by atoms with Crippen LogP contribution in [-0.2, 0) is 6.42 Å². The number of aromatic nitrogens is 1. The van der Waals surface area contributed by atoms with Crippen molar-refractivity contribution in [1.82, 2.24) is 4.98 Å². The highest BCUT2D eigenvalue weighted by molar-refractivity contribution is 6.10. The summed E-state index contributed by atoms with van der Waals surface area (Å²) in [7, 11) is 0. The van der Waals surface area contributed by atoms with Gasteiger partial charge in [-0.2, -0.15) is 0 Å². The molecule has 0 bridgehead atoms. The Balaban J connectivity index is 1.85. The molecule has 2 heteroatoms. The maximum Gasteiger partial charge on any atom is 0.194 e. The zero-order valence-electron chi connectivity index (χ0n) is 12.8. The summed E-state index contributed by atoms with van der Waals surface area (Å²) in [5.74, 6) is 0.0281. The topological polar surface area (TPSA) is 30.0 Å². The van der Waals surface area contributed by atoms with Crippen molar-refractivity contribution in [2.45, 2.75) is 26.2 Å². The predicted molar refractivity (Wildman–Crippen MR) is 90.2 cm³/mol. The number of para-hydroxylation sites is 1. The summed E-state index contributed by atoms with van der Waals surface area (Å²) in [5, 5.41) is 0.993. The third-order valence-corrected chi connectivity index (χ3v) is 3.89. The minimum absolute atomic E-state index is 0.0281. The second kappa shape index (κ2) is 6.52. The summed E-state index contributed by atoms with van der Waals surface area (Å²) < 4.78 is 0. The third-order valence-electron chi connectivity index (χ3n) is 3.89. The fourth-order valence-electron chi connectivity index (χ4n) is 2.57. The largest absolute Gasteiger partial charge is 0.289 e. The van der Waals surface area contributed by atoms with Gasteiger partial charge in [-0.15, -0.1) is 0 Å². The van der Waals surface area contributed by atoms with E-state index in [1.165, 1.54) is 18.4 Å². The molecule has 0 unspecified atom stereocenters. The molecule has 2 aromatic carbocycles. The number of nitrogens with zero attached hydrogens (tertiary/aromatic N) is 1. The number of hydrogen-bond donors (Lipinski definition) is 0. The van der Waals surface area contributed by atoms with Gasteiger partial charge < -0.3 is 0 Å².